The number of nitrogens with zero attached hydrogens (tertiary/aromatic N) is 2. The third kappa shape index (κ3) is 8.47. The highest BCUT2D eigenvalue weighted by atomic mass is 15.1. The van der Waals surface area contributed by atoms with Crippen LogP contribution in [0.4, 0.5) is 17.1 Å². The van der Waals surface area contributed by atoms with Crippen LogP contribution in [0.3, 0.4) is 0 Å². The molecule has 0 unspecified atom stereocenters. The Kier molecular flexibility index (Phi) is 12.3. The van der Waals surface area contributed by atoms with E-state index in [4.69, 9.17) is 0 Å². The number of hydrogen-bond donors (Lipinski definition) is 0. The first-order valence-electron chi connectivity index (χ1n) is 31.0. The van der Waals surface area contributed by atoms with E-state index in [1.54, 1.807) is 0 Å². The van der Waals surface area contributed by atoms with E-state index in [2.05, 4.69) is 351 Å². The molecule has 15 aromatic carbocycles. The van der Waals surface area contributed by atoms with E-state index in [0.717, 1.165) is 33.8 Å². The maximum Gasteiger partial charge on any atom is 0.0541 e. The molecule has 0 atom stereocenters. The van der Waals surface area contributed by atoms with Crippen molar-refractivity contribution < 1.29 is 0 Å². The molecule has 1 aromatic heterocycles. The molecule has 89 heavy (non-hydrogen) atoms. The molecule has 0 amide bonds. The van der Waals surface area contributed by atoms with Gasteiger partial charge in [0.15, 0.2) is 0 Å². The van der Waals surface area contributed by atoms with Gasteiger partial charge in [-0.25, -0.2) is 0 Å². The number of aromatic nitrogens is 1. The van der Waals surface area contributed by atoms with Crippen molar-refractivity contribution in [1.82, 2.24) is 4.57 Å². The molecule has 1 heterocycles. The van der Waals surface area contributed by atoms with Crippen molar-refractivity contribution in [3.63, 3.8) is 0 Å². The molecular weight excluding hydrogens is 1070 g/mol. The Morgan fingerprint density at radius 3 is 1.20 bits per heavy atom. The van der Waals surface area contributed by atoms with Gasteiger partial charge < -0.3 is 9.47 Å². The third-order valence-corrected chi connectivity index (χ3v) is 19.0. The minimum Gasteiger partial charge on any atom is -0.310 e. The largest absolute Gasteiger partial charge is 0.310 e. The van der Waals surface area contributed by atoms with E-state index in [1.807, 2.05) is 0 Å². The smallest absolute Gasteiger partial charge is 0.0541 e. The first-order valence-corrected chi connectivity index (χ1v) is 31.0. The fourth-order valence-corrected chi connectivity index (χ4v) is 14.9. The molecule has 1 aliphatic rings. The molecule has 1 aliphatic carbocycles. The molecule has 2 heteroatoms. The quantitative estimate of drug-likeness (QED) is 0.124. The second kappa shape index (κ2) is 21.0. The van der Waals surface area contributed by atoms with Crippen LogP contribution in [0.2, 0.25) is 0 Å². The lowest BCUT2D eigenvalue weighted by molar-refractivity contribution is 0.660. The Balaban J connectivity index is 0.807. The number of anilines is 3. The predicted molar refractivity (Wildman–Crippen MR) is 378 cm³/mol. The number of benzene rings is 15. The molecule has 0 fully saturated rings. The average Bonchev–Trinajstić information content (AvgIpc) is 1.70. The highest BCUT2D eigenvalue weighted by molar-refractivity contribution is 6.24. The maximum absolute atomic E-state index is 2.48. The zero-order valence-electron chi connectivity index (χ0n) is 49.6. The summed E-state index contributed by atoms with van der Waals surface area (Å²) >= 11 is 0. The first kappa shape index (κ1) is 52.0. The lowest BCUT2D eigenvalue weighted by Gasteiger charge is -2.28. The third-order valence-electron chi connectivity index (χ3n) is 19.0. The van der Waals surface area contributed by atoms with Gasteiger partial charge in [-0.3, -0.25) is 0 Å². The summed E-state index contributed by atoms with van der Waals surface area (Å²) in [6.45, 7) is 4.75. The fourth-order valence-electron chi connectivity index (χ4n) is 14.9. The lowest BCUT2D eigenvalue weighted by Crippen LogP contribution is -2.14. The second-order valence-corrected chi connectivity index (χ2v) is 24.3. The normalized spacial score (nSPS) is 12.5. The SMILES string of the molecule is CC1(C)c2ccccc2-c2ccc(-c3c4ccccc4c(-c4ccc(N(c5ccccc5)c5ccc(-n6c7ccc(-c8ccccc8-c8ccccc8)cc7c7cc(-c8ccccc8-c8ccccc8)ccc76)cc5)c5ccccc45)c4ccccc34)cc21. The summed E-state index contributed by atoms with van der Waals surface area (Å²) in [5.41, 5.74) is 26.6. The van der Waals surface area contributed by atoms with E-state index < -0.39 is 0 Å². The van der Waals surface area contributed by atoms with Crippen molar-refractivity contribution in [2.45, 2.75) is 19.3 Å². The van der Waals surface area contributed by atoms with Crippen LogP contribution in [0.5, 0.6) is 0 Å². The Bertz CT molecular complexity index is 5240. The zero-order valence-corrected chi connectivity index (χ0v) is 49.6. The highest BCUT2D eigenvalue weighted by Gasteiger charge is 2.36. The van der Waals surface area contributed by atoms with Gasteiger partial charge in [-0.05, 0) is 189 Å². The topological polar surface area (TPSA) is 8.17 Å². The van der Waals surface area contributed by atoms with Gasteiger partial charge in [0, 0.05) is 38.6 Å². The van der Waals surface area contributed by atoms with Gasteiger partial charge in [-0.2, -0.15) is 0 Å². The van der Waals surface area contributed by atoms with Crippen molar-refractivity contribution in [3.8, 4) is 83.6 Å². The molecule has 0 aliphatic heterocycles. The van der Waals surface area contributed by atoms with Gasteiger partial charge in [0.25, 0.3) is 0 Å². The van der Waals surface area contributed by atoms with E-state index in [0.29, 0.717) is 0 Å². The van der Waals surface area contributed by atoms with Gasteiger partial charge >= 0.3 is 0 Å². The van der Waals surface area contributed by atoms with Crippen molar-refractivity contribution in [2.24, 2.45) is 0 Å². The van der Waals surface area contributed by atoms with Crippen LogP contribution < -0.4 is 4.90 Å². The standard InChI is InChI=1S/C87H60N2/c1-87(2)80-41-23-22-35-70(80)71-49-42-61(56-81(71)87)85-73-37-18-20-39-75(73)86(76-40-21-19-38-74(76)85)77-50-53-82(72-36-17-16-34-69(72)77)88(62-28-10-5-11-29-62)63-45-47-64(48-46-63)89-83-51-43-59(67-32-14-12-30-65(67)57-24-6-3-7-25-57)54-78(83)79-55-60(44-52-84(79)89)68-33-15-13-31-66(68)58-26-8-4-9-27-58/h3-56H,1-2H3. The lowest BCUT2D eigenvalue weighted by atomic mass is 9.80. The molecule has 17 rings (SSSR count). The first-order chi connectivity index (χ1) is 43.9. The highest BCUT2D eigenvalue weighted by Crippen LogP contribution is 2.53. The van der Waals surface area contributed by atoms with Crippen molar-refractivity contribution in [2.75, 3.05) is 4.90 Å². The maximum atomic E-state index is 2.48. The summed E-state index contributed by atoms with van der Waals surface area (Å²) in [5.74, 6) is 0. The molecule has 16 aromatic rings. The summed E-state index contributed by atoms with van der Waals surface area (Å²) < 4.78 is 2.45. The summed E-state index contributed by atoms with van der Waals surface area (Å²) in [6, 6.07) is 121. The number of para-hydroxylation sites is 1. The summed E-state index contributed by atoms with van der Waals surface area (Å²) in [5, 5.41) is 9.76. The Morgan fingerprint density at radius 2 is 0.652 bits per heavy atom. The van der Waals surface area contributed by atoms with Crippen molar-refractivity contribution in [3.05, 3.63) is 339 Å². The van der Waals surface area contributed by atoms with Crippen LogP contribution in [0.15, 0.2) is 328 Å². The molecular formula is C87H60N2. The molecule has 0 spiro atoms. The number of hydrogen-bond acceptors (Lipinski definition) is 1. The van der Waals surface area contributed by atoms with Gasteiger partial charge in [-0.15, -0.1) is 0 Å². The average molecular weight is 1130 g/mol. The second-order valence-electron chi connectivity index (χ2n) is 24.3. The fraction of sp³-hybridized carbons (Fsp3) is 0.0345. The minimum absolute atomic E-state index is 0.110. The van der Waals surface area contributed by atoms with E-state index >= 15 is 0 Å². The zero-order chi connectivity index (χ0) is 59.2. The summed E-state index contributed by atoms with van der Waals surface area (Å²) in [7, 11) is 0. The van der Waals surface area contributed by atoms with Crippen LogP contribution in [0, 0.1) is 0 Å². The van der Waals surface area contributed by atoms with Gasteiger partial charge in [-0.1, -0.05) is 269 Å². The van der Waals surface area contributed by atoms with Crippen LogP contribution in [0.1, 0.15) is 25.0 Å². The predicted octanol–water partition coefficient (Wildman–Crippen LogP) is 24.0. The molecule has 0 saturated heterocycles. The van der Waals surface area contributed by atoms with E-state index in [1.165, 1.54) is 132 Å². The Labute approximate surface area is 519 Å². The van der Waals surface area contributed by atoms with Gasteiger partial charge in [0.05, 0.1) is 16.7 Å². The van der Waals surface area contributed by atoms with Crippen molar-refractivity contribution in [1.29, 1.82) is 0 Å². The number of fused-ring (bicyclic) bond motifs is 9. The number of rotatable bonds is 10. The Morgan fingerprint density at radius 1 is 0.247 bits per heavy atom. The minimum atomic E-state index is -0.110. The van der Waals surface area contributed by atoms with Gasteiger partial charge in [0.2, 0.25) is 0 Å². The molecule has 0 radical (unpaired) electrons. The molecule has 0 N–H and O–H groups in total. The van der Waals surface area contributed by atoms with Crippen LogP contribution in [-0.4, -0.2) is 4.57 Å². The molecule has 0 saturated carbocycles. The van der Waals surface area contributed by atoms with Crippen LogP contribution in [-0.2, 0) is 5.41 Å². The molecule has 2 nitrogen and oxygen atoms in total. The van der Waals surface area contributed by atoms with Crippen molar-refractivity contribution >= 4 is 71.2 Å². The van der Waals surface area contributed by atoms with Crippen LogP contribution >= 0.6 is 0 Å². The summed E-state index contributed by atoms with van der Waals surface area (Å²) in [4.78, 5) is 2.43. The summed E-state index contributed by atoms with van der Waals surface area (Å²) in [6.07, 6.45) is 0. The monoisotopic (exact) mass is 1130 g/mol. The molecule has 418 valence electrons. The van der Waals surface area contributed by atoms with E-state index in [-0.39, 0.29) is 5.41 Å². The van der Waals surface area contributed by atoms with Gasteiger partial charge in [0.1, 0.15) is 0 Å². The van der Waals surface area contributed by atoms with E-state index in [9.17, 15) is 0 Å². The Hall–Kier alpha value is -11.3. The van der Waals surface area contributed by atoms with Crippen LogP contribution in [0.25, 0.3) is 138 Å². The molecule has 0 bridgehead atoms.